The van der Waals surface area contributed by atoms with Gasteiger partial charge in [0.15, 0.2) is 0 Å². The molecule has 1 heterocycles. The van der Waals surface area contributed by atoms with Crippen LogP contribution in [-0.4, -0.2) is 19.8 Å². The number of thiophene rings is 1. The molecule has 0 radical (unpaired) electrons. The predicted molar refractivity (Wildman–Crippen MR) is 83.9 cm³/mol. The second kappa shape index (κ2) is 7.04. The topological polar surface area (TPSA) is 21.3 Å². The summed E-state index contributed by atoms with van der Waals surface area (Å²) in [7, 11) is 1.77. The second-order valence-electron chi connectivity index (χ2n) is 5.02. The molecule has 1 N–H and O–H groups in total. The van der Waals surface area contributed by atoms with Crippen LogP contribution in [0.25, 0.3) is 10.1 Å². The van der Waals surface area contributed by atoms with Gasteiger partial charge in [0, 0.05) is 28.8 Å². The van der Waals surface area contributed by atoms with Crippen molar-refractivity contribution >= 4 is 21.4 Å². The van der Waals surface area contributed by atoms with Crippen LogP contribution in [0.15, 0.2) is 30.3 Å². The van der Waals surface area contributed by atoms with Crippen molar-refractivity contribution in [3.05, 3.63) is 35.2 Å². The molecule has 1 aromatic carbocycles. The molecule has 0 spiro atoms. The number of hydrogen-bond acceptors (Lipinski definition) is 3. The summed E-state index contributed by atoms with van der Waals surface area (Å²) in [5, 5.41) is 5.02. The number of ether oxygens (including phenoxy) is 1. The third-order valence-electron chi connectivity index (χ3n) is 3.36. The van der Waals surface area contributed by atoms with Gasteiger partial charge in [0.05, 0.1) is 6.61 Å². The molecule has 2 unspecified atom stereocenters. The van der Waals surface area contributed by atoms with E-state index in [4.69, 9.17) is 4.74 Å². The van der Waals surface area contributed by atoms with Crippen LogP contribution in [0.5, 0.6) is 0 Å². The van der Waals surface area contributed by atoms with Crippen molar-refractivity contribution in [2.45, 2.75) is 38.8 Å². The summed E-state index contributed by atoms with van der Waals surface area (Å²) >= 11 is 1.88. The van der Waals surface area contributed by atoms with Gasteiger partial charge in [-0.05, 0) is 30.9 Å². The van der Waals surface area contributed by atoms with E-state index in [1.807, 2.05) is 11.3 Å². The lowest BCUT2D eigenvalue weighted by atomic mass is 10.1. The van der Waals surface area contributed by atoms with Gasteiger partial charge in [-0.1, -0.05) is 31.5 Å². The Morgan fingerprint density at radius 2 is 2.11 bits per heavy atom. The van der Waals surface area contributed by atoms with Gasteiger partial charge in [-0.3, -0.25) is 0 Å². The van der Waals surface area contributed by atoms with Gasteiger partial charge in [-0.25, -0.2) is 0 Å². The van der Waals surface area contributed by atoms with Crippen LogP contribution < -0.4 is 5.32 Å². The molecule has 0 amide bonds. The van der Waals surface area contributed by atoms with Crippen molar-refractivity contribution < 1.29 is 4.74 Å². The summed E-state index contributed by atoms with van der Waals surface area (Å²) in [4.78, 5) is 1.40. The van der Waals surface area contributed by atoms with Crippen molar-refractivity contribution in [1.29, 1.82) is 0 Å². The molecule has 0 bridgehead atoms. The maximum atomic E-state index is 5.29. The Labute approximate surface area is 119 Å². The fourth-order valence-electron chi connectivity index (χ4n) is 2.42. The number of benzene rings is 1. The third kappa shape index (κ3) is 3.78. The number of methoxy groups -OCH3 is 1. The van der Waals surface area contributed by atoms with Crippen molar-refractivity contribution in [3.8, 4) is 0 Å². The molecular weight excluding hydrogens is 254 g/mol. The normalized spacial score (nSPS) is 14.7. The first-order chi connectivity index (χ1) is 9.24. The minimum absolute atomic E-state index is 0.379. The summed E-state index contributed by atoms with van der Waals surface area (Å²) in [5.41, 5.74) is 0. The predicted octanol–water partition coefficient (Wildman–Crippen LogP) is 4.37. The van der Waals surface area contributed by atoms with Crippen molar-refractivity contribution in [1.82, 2.24) is 5.32 Å². The molecule has 0 saturated heterocycles. The molecule has 0 aliphatic carbocycles. The van der Waals surface area contributed by atoms with Gasteiger partial charge < -0.3 is 10.1 Å². The van der Waals surface area contributed by atoms with Gasteiger partial charge in [-0.15, -0.1) is 11.3 Å². The number of fused-ring (bicyclic) bond motifs is 1. The van der Waals surface area contributed by atoms with E-state index in [0.717, 1.165) is 13.0 Å². The highest BCUT2D eigenvalue weighted by atomic mass is 32.1. The molecule has 0 fully saturated rings. The lowest BCUT2D eigenvalue weighted by Gasteiger charge is -2.21. The number of rotatable bonds is 7. The zero-order valence-corrected chi connectivity index (χ0v) is 12.8. The zero-order valence-electron chi connectivity index (χ0n) is 12.0. The van der Waals surface area contributed by atoms with Crippen molar-refractivity contribution in [2.24, 2.45) is 0 Å². The largest absolute Gasteiger partial charge is 0.383 e. The number of nitrogens with one attached hydrogen (secondary N) is 1. The molecule has 0 saturated carbocycles. The first-order valence-corrected chi connectivity index (χ1v) is 7.79. The standard InChI is InChI=1S/C16H23NOS/c1-4-7-14(11-18-3)17-12(2)16-10-13-8-5-6-9-15(13)19-16/h5-6,8-10,12,14,17H,4,7,11H2,1-3H3. The van der Waals surface area contributed by atoms with Crippen LogP contribution in [0.4, 0.5) is 0 Å². The van der Waals surface area contributed by atoms with Crippen LogP contribution in [0.2, 0.25) is 0 Å². The van der Waals surface area contributed by atoms with Gasteiger partial charge in [-0.2, -0.15) is 0 Å². The van der Waals surface area contributed by atoms with Gasteiger partial charge in [0.1, 0.15) is 0 Å². The van der Waals surface area contributed by atoms with Crippen LogP contribution >= 0.6 is 11.3 Å². The smallest absolute Gasteiger partial charge is 0.0616 e. The Hall–Kier alpha value is -0.900. The molecule has 104 valence electrons. The Bertz CT molecular complexity index is 469. The highest BCUT2D eigenvalue weighted by Gasteiger charge is 2.14. The van der Waals surface area contributed by atoms with Crippen molar-refractivity contribution in [2.75, 3.05) is 13.7 Å². The Balaban J connectivity index is 2.07. The first kappa shape index (κ1) is 14.5. The Kier molecular flexibility index (Phi) is 5.37. The molecule has 1 aromatic heterocycles. The third-order valence-corrected chi connectivity index (χ3v) is 4.66. The fraction of sp³-hybridized carbons (Fsp3) is 0.500. The summed E-state index contributed by atoms with van der Waals surface area (Å²) < 4.78 is 6.66. The van der Waals surface area contributed by atoms with Gasteiger partial charge in [0.2, 0.25) is 0 Å². The Morgan fingerprint density at radius 3 is 2.79 bits per heavy atom. The van der Waals surface area contributed by atoms with Crippen LogP contribution in [0, 0.1) is 0 Å². The average Bonchev–Trinajstić information content (AvgIpc) is 2.83. The molecular formula is C16H23NOS. The lowest BCUT2D eigenvalue weighted by Crippen LogP contribution is -2.34. The molecule has 2 nitrogen and oxygen atoms in total. The maximum Gasteiger partial charge on any atom is 0.0616 e. The van der Waals surface area contributed by atoms with E-state index in [0.29, 0.717) is 12.1 Å². The van der Waals surface area contributed by atoms with Gasteiger partial charge >= 0.3 is 0 Å². The minimum atomic E-state index is 0.379. The van der Waals surface area contributed by atoms with Crippen LogP contribution in [0.1, 0.15) is 37.6 Å². The fourth-order valence-corrected chi connectivity index (χ4v) is 3.49. The van der Waals surface area contributed by atoms with E-state index in [2.05, 4.69) is 49.5 Å². The maximum absolute atomic E-state index is 5.29. The zero-order chi connectivity index (χ0) is 13.7. The molecule has 0 aliphatic heterocycles. The molecule has 2 atom stereocenters. The first-order valence-electron chi connectivity index (χ1n) is 6.98. The number of hydrogen-bond donors (Lipinski definition) is 1. The second-order valence-corrected chi connectivity index (χ2v) is 6.13. The van der Waals surface area contributed by atoms with E-state index in [-0.39, 0.29) is 0 Å². The van der Waals surface area contributed by atoms with Gasteiger partial charge in [0.25, 0.3) is 0 Å². The molecule has 3 heteroatoms. The molecule has 2 rings (SSSR count). The van der Waals surface area contributed by atoms with E-state index in [1.54, 1.807) is 7.11 Å². The molecule has 0 aliphatic rings. The lowest BCUT2D eigenvalue weighted by molar-refractivity contribution is 0.157. The van der Waals surface area contributed by atoms with Crippen molar-refractivity contribution in [3.63, 3.8) is 0 Å². The summed E-state index contributed by atoms with van der Waals surface area (Å²) in [5.74, 6) is 0. The van der Waals surface area contributed by atoms with Crippen LogP contribution in [-0.2, 0) is 4.74 Å². The Morgan fingerprint density at radius 1 is 1.32 bits per heavy atom. The van der Waals surface area contributed by atoms with E-state index >= 15 is 0 Å². The summed E-state index contributed by atoms with van der Waals surface area (Å²) in [6, 6.07) is 11.7. The quantitative estimate of drug-likeness (QED) is 0.811. The average molecular weight is 277 g/mol. The van der Waals surface area contributed by atoms with Crippen LogP contribution in [0.3, 0.4) is 0 Å². The minimum Gasteiger partial charge on any atom is -0.383 e. The molecule has 2 aromatic rings. The van der Waals surface area contributed by atoms with E-state index in [1.165, 1.54) is 21.4 Å². The monoisotopic (exact) mass is 277 g/mol. The highest BCUT2D eigenvalue weighted by molar-refractivity contribution is 7.19. The summed E-state index contributed by atoms with van der Waals surface area (Å²) in [6.45, 7) is 5.24. The SMILES string of the molecule is CCCC(COC)NC(C)c1cc2ccccc2s1. The van der Waals surface area contributed by atoms with E-state index < -0.39 is 0 Å². The highest BCUT2D eigenvalue weighted by Crippen LogP contribution is 2.29. The molecule has 19 heavy (non-hydrogen) atoms. The van der Waals surface area contributed by atoms with E-state index in [9.17, 15) is 0 Å². The summed E-state index contributed by atoms with van der Waals surface area (Å²) in [6.07, 6.45) is 2.34.